The number of anilines is 1. The van der Waals surface area contributed by atoms with E-state index in [1.54, 1.807) is 16.8 Å². The molecule has 11 heteroatoms. The molecule has 1 saturated heterocycles. The highest BCUT2D eigenvalue weighted by molar-refractivity contribution is 6.34. The van der Waals surface area contributed by atoms with E-state index < -0.39 is 22.9 Å². The van der Waals surface area contributed by atoms with Crippen molar-refractivity contribution in [3.63, 3.8) is 0 Å². The van der Waals surface area contributed by atoms with Gasteiger partial charge in [0.15, 0.2) is 6.10 Å². The zero-order valence-electron chi connectivity index (χ0n) is 14.8. The van der Waals surface area contributed by atoms with Crippen LogP contribution in [-0.4, -0.2) is 71.8 Å². The van der Waals surface area contributed by atoms with Gasteiger partial charge in [0.2, 0.25) is 5.91 Å². The third-order valence-electron chi connectivity index (χ3n) is 3.99. The van der Waals surface area contributed by atoms with Crippen LogP contribution in [0, 0.1) is 10.1 Å². The smallest absolute Gasteiger partial charge is 0.320 e. The summed E-state index contributed by atoms with van der Waals surface area (Å²) in [7, 11) is 1.69. The summed E-state index contributed by atoms with van der Waals surface area (Å²) in [4.78, 5) is 49.1. The lowest BCUT2D eigenvalue weighted by Gasteiger charge is -2.31. The topological polar surface area (TPSA) is 122 Å². The average Bonchev–Trinajstić information content (AvgIpc) is 2.59. The fraction of sp³-hybridized carbons (Fsp3) is 0.438. The quantitative estimate of drug-likeness (QED) is 0.429. The van der Waals surface area contributed by atoms with Crippen molar-refractivity contribution in [2.45, 2.75) is 13.0 Å². The summed E-state index contributed by atoms with van der Waals surface area (Å²) >= 11 is 5.91. The number of amides is 2. The van der Waals surface area contributed by atoms with Gasteiger partial charge in [0.1, 0.15) is 0 Å². The fourth-order valence-electron chi connectivity index (χ4n) is 2.37. The predicted molar refractivity (Wildman–Crippen MR) is 96.4 cm³/mol. The van der Waals surface area contributed by atoms with Gasteiger partial charge < -0.3 is 15.0 Å². The number of non-ortho nitro benzene ring substituents is 1. The Morgan fingerprint density at radius 2 is 2.11 bits per heavy atom. The molecule has 10 nitrogen and oxygen atoms in total. The number of nitro groups is 1. The predicted octanol–water partition coefficient (Wildman–Crippen LogP) is 0.892. The van der Waals surface area contributed by atoms with Gasteiger partial charge in [-0.25, -0.2) is 0 Å². The number of nitrogens with one attached hydrogen (secondary N) is 1. The van der Waals surface area contributed by atoms with Gasteiger partial charge in [0.25, 0.3) is 11.6 Å². The average molecular weight is 399 g/mol. The van der Waals surface area contributed by atoms with Crippen molar-refractivity contribution < 1.29 is 24.0 Å². The third kappa shape index (κ3) is 5.63. The first-order valence-electron chi connectivity index (χ1n) is 8.08. The van der Waals surface area contributed by atoms with E-state index in [1.807, 2.05) is 0 Å². The molecular weight excluding hydrogens is 380 g/mol. The Morgan fingerprint density at radius 3 is 2.70 bits per heavy atom. The zero-order valence-corrected chi connectivity index (χ0v) is 15.6. The highest BCUT2D eigenvalue weighted by Crippen LogP contribution is 2.26. The molecule has 0 saturated carbocycles. The maximum absolute atomic E-state index is 12.2. The van der Waals surface area contributed by atoms with Crippen LogP contribution in [0.2, 0.25) is 5.02 Å². The van der Waals surface area contributed by atoms with E-state index in [9.17, 15) is 24.5 Å². The van der Waals surface area contributed by atoms with Gasteiger partial charge in [-0.15, -0.1) is 0 Å². The van der Waals surface area contributed by atoms with Crippen LogP contribution in [0.25, 0.3) is 0 Å². The molecule has 2 amide bonds. The molecule has 2 rings (SSSR count). The van der Waals surface area contributed by atoms with Gasteiger partial charge in [-0.1, -0.05) is 11.6 Å². The van der Waals surface area contributed by atoms with Crippen LogP contribution in [0.3, 0.4) is 0 Å². The number of piperazine rings is 1. The first-order valence-corrected chi connectivity index (χ1v) is 8.45. The minimum absolute atomic E-state index is 0.00738. The number of hydrogen-bond donors (Lipinski definition) is 1. The summed E-state index contributed by atoms with van der Waals surface area (Å²) < 4.78 is 5.08. The number of ether oxygens (including phenoxy) is 1. The van der Waals surface area contributed by atoms with Gasteiger partial charge in [-0.05, 0) is 13.0 Å². The Morgan fingerprint density at radius 1 is 1.41 bits per heavy atom. The Kier molecular flexibility index (Phi) is 6.70. The minimum atomic E-state index is -1.10. The molecular formula is C16H19ClN4O6. The number of nitro benzene ring substituents is 1. The molecule has 0 unspecified atom stereocenters. The van der Waals surface area contributed by atoms with Gasteiger partial charge >= 0.3 is 5.97 Å². The maximum Gasteiger partial charge on any atom is 0.320 e. The Balaban J connectivity index is 1.87. The van der Waals surface area contributed by atoms with E-state index in [4.69, 9.17) is 16.3 Å². The summed E-state index contributed by atoms with van der Waals surface area (Å²) in [5.41, 5.74) is -0.0426. The van der Waals surface area contributed by atoms with Gasteiger partial charge in [-0.2, -0.15) is 0 Å². The fourth-order valence-corrected chi connectivity index (χ4v) is 2.59. The number of nitrogens with zero attached hydrogens (tertiary/aromatic N) is 3. The van der Waals surface area contributed by atoms with Crippen LogP contribution in [0.15, 0.2) is 18.2 Å². The van der Waals surface area contributed by atoms with Crippen molar-refractivity contribution >= 4 is 40.8 Å². The molecule has 1 aromatic carbocycles. The summed E-state index contributed by atoms with van der Waals surface area (Å²) in [6.07, 6.45) is -1.10. The van der Waals surface area contributed by atoms with Crippen molar-refractivity contribution in [2.24, 2.45) is 0 Å². The van der Waals surface area contributed by atoms with Crippen LogP contribution in [0.1, 0.15) is 6.92 Å². The summed E-state index contributed by atoms with van der Waals surface area (Å²) in [6.45, 7) is 2.46. The lowest BCUT2D eigenvalue weighted by atomic mass is 10.2. The normalized spacial score (nSPS) is 16.0. The summed E-state index contributed by atoms with van der Waals surface area (Å²) in [5.74, 6) is -1.36. The first-order chi connectivity index (χ1) is 12.7. The standard InChI is InChI=1S/C16H19ClN4O6/c1-10(27-15(23)9-20-6-5-19(2)14(22)8-20)16(24)18-13-4-3-11(21(25)26)7-12(13)17/h3-4,7,10H,5-6,8-9H2,1-2H3,(H,18,24)/t10-/m1/s1. The number of carbonyl (C=O) groups excluding carboxylic acids is 3. The SMILES string of the molecule is C[C@@H](OC(=O)CN1CCN(C)C(=O)C1)C(=O)Nc1ccc([N+](=O)[O-])cc1Cl. The van der Waals surface area contributed by atoms with E-state index >= 15 is 0 Å². The molecule has 0 aliphatic carbocycles. The number of halogens is 1. The molecule has 146 valence electrons. The number of esters is 1. The first kappa shape index (κ1) is 20.6. The van der Waals surface area contributed by atoms with E-state index in [0.29, 0.717) is 13.1 Å². The highest BCUT2D eigenvalue weighted by atomic mass is 35.5. The van der Waals surface area contributed by atoms with Crippen LogP contribution in [-0.2, 0) is 19.1 Å². The van der Waals surface area contributed by atoms with Crippen LogP contribution in [0.5, 0.6) is 0 Å². The minimum Gasteiger partial charge on any atom is -0.452 e. The van der Waals surface area contributed by atoms with Crippen molar-refractivity contribution in [1.29, 1.82) is 0 Å². The second kappa shape index (κ2) is 8.78. The van der Waals surface area contributed by atoms with Crippen molar-refractivity contribution in [2.75, 3.05) is 38.5 Å². The number of rotatable bonds is 6. The second-order valence-electron chi connectivity index (χ2n) is 6.07. The molecule has 0 spiro atoms. The second-order valence-corrected chi connectivity index (χ2v) is 6.48. The van der Waals surface area contributed by atoms with E-state index in [-0.39, 0.29) is 35.4 Å². The van der Waals surface area contributed by atoms with Crippen molar-refractivity contribution in [1.82, 2.24) is 9.80 Å². The number of hydrogen-bond acceptors (Lipinski definition) is 7. The Labute approximate surface area is 160 Å². The van der Waals surface area contributed by atoms with Gasteiger partial charge in [0, 0.05) is 32.3 Å². The van der Waals surface area contributed by atoms with E-state index in [2.05, 4.69) is 5.32 Å². The molecule has 0 aromatic heterocycles. The van der Waals surface area contributed by atoms with Gasteiger partial charge in [-0.3, -0.25) is 29.4 Å². The molecule has 1 aliphatic heterocycles. The largest absolute Gasteiger partial charge is 0.452 e. The van der Waals surface area contributed by atoms with Crippen molar-refractivity contribution in [3.8, 4) is 0 Å². The summed E-state index contributed by atoms with van der Waals surface area (Å²) in [5, 5.41) is 13.1. The van der Waals surface area contributed by atoms with E-state index in [1.165, 1.54) is 19.1 Å². The molecule has 27 heavy (non-hydrogen) atoms. The van der Waals surface area contributed by atoms with E-state index in [0.717, 1.165) is 6.07 Å². The highest BCUT2D eigenvalue weighted by Gasteiger charge is 2.25. The summed E-state index contributed by atoms with van der Waals surface area (Å²) in [6, 6.07) is 3.60. The number of carbonyl (C=O) groups is 3. The number of likely N-dealkylation sites (N-methyl/N-ethyl adjacent to an activating group) is 1. The lowest BCUT2D eigenvalue weighted by Crippen LogP contribution is -2.50. The molecule has 0 bridgehead atoms. The van der Waals surface area contributed by atoms with Gasteiger partial charge in [0.05, 0.1) is 28.7 Å². The molecule has 1 aromatic rings. The number of benzene rings is 1. The lowest BCUT2D eigenvalue weighted by molar-refractivity contribution is -0.384. The monoisotopic (exact) mass is 398 g/mol. The Hall–Kier alpha value is -2.72. The molecule has 1 aliphatic rings. The van der Waals surface area contributed by atoms with Crippen LogP contribution in [0.4, 0.5) is 11.4 Å². The maximum atomic E-state index is 12.2. The van der Waals surface area contributed by atoms with Crippen molar-refractivity contribution in [3.05, 3.63) is 33.3 Å². The molecule has 1 heterocycles. The van der Waals surface area contributed by atoms with Crippen LogP contribution < -0.4 is 5.32 Å². The molecule has 0 radical (unpaired) electrons. The zero-order chi connectivity index (χ0) is 20.1. The van der Waals surface area contributed by atoms with Crippen LogP contribution >= 0.6 is 11.6 Å². The molecule has 1 atom stereocenters. The molecule has 1 N–H and O–H groups in total. The third-order valence-corrected chi connectivity index (χ3v) is 4.30. The Bertz CT molecular complexity index is 771. The molecule has 1 fully saturated rings.